The van der Waals surface area contributed by atoms with Gasteiger partial charge in [-0.2, -0.15) is 0 Å². The smallest absolute Gasteiger partial charge is 0.249 e. The van der Waals surface area contributed by atoms with Crippen molar-refractivity contribution in [3.05, 3.63) is 0 Å². The van der Waals surface area contributed by atoms with Gasteiger partial charge in [0, 0.05) is 26.2 Å². The van der Waals surface area contributed by atoms with Gasteiger partial charge < -0.3 is 20.1 Å². The third kappa shape index (κ3) is 2.93. The molecule has 2 saturated heterocycles. The lowest BCUT2D eigenvalue weighted by molar-refractivity contribution is -0.132. The zero-order valence-corrected chi connectivity index (χ0v) is 9.70. The largest absolute Gasteiger partial charge is 0.374 e. The molecule has 5 heteroatoms. The molecule has 0 aromatic heterocycles. The molecule has 2 aliphatic heterocycles. The molecule has 2 aliphatic rings. The minimum Gasteiger partial charge on any atom is -0.374 e. The van der Waals surface area contributed by atoms with E-state index in [2.05, 4.69) is 17.6 Å². The fraction of sp³-hybridized carbons (Fsp3) is 0.909. The number of ether oxygens (including phenoxy) is 2. The Morgan fingerprint density at radius 1 is 1.44 bits per heavy atom. The van der Waals surface area contributed by atoms with Gasteiger partial charge in [-0.1, -0.05) is 6.92 Å². The first kappa shape index (κ1) is 11.8. The maximum absolute atomic E-state index is 11.8. The Bertz CT molecular complexity index is 241. The van der Waals surface area contributed by atoms with Crippen molar-refractivity contribution in [2.24, 2.45) is 5.92 Å². The molecule has 16 heavy (non-hydrogen) atoms. The summed E-state index contributed by atoms with van der Waals surface area (Å²) in [6.45, 7) is 5.74. The molecule has 92 valence electrons. The summed E-state index contributed by atoms with van der Waals surface area (Å²) in [5, 5.41) is 6.13. The first-order valence-electron chi connectivity index (χ1n) is 5.99. The SMILES string of the molecule is CC1CCOC1C(=O)NCC1CNCCO1. The second-order valence-corrected chi connectivity index (χ2v) is 4.50. The quantitative estimate of drug-likeness (QED) is 0.685. The van der Waals surface area contributed by atoms with Crippen molar-refractivity contribution in [3.8, 4) is 0 Å². The van der Waals surface area contributed by atoms with Crippen LogP contribution in [0.1, 0.15) is 13.3 Å². The van der Waals surface area contributed by atoms with Crippen LogP contribution in [0.5, 0.6) is 0 Å². The molecule has 2 N–H and O–H groups in total. The summed E-state index contributed by atoms with van der Waals surface area (Å²) in [6, 6.07) is 0. The molecule has 0 spiro atoms. The molecule has 0 radical (unpaired) electrons. The van der Waals surface area contributed by atoms with Crippen LogP contribution < -0.4 is 10.6 Å². The van der Waals surface area contributed by atoms with Gasteiger partial charge >= 0.3 is 0 Å². The van der Waals surface area contributed by atoms with E-state index in [1.54, 1.807) is 0 Å². The Hall–Kier alpha value is -0.650. The van der Waals surface area contributed by atoms with Crippen molar-refractivity contribution >= 4 is 5.91 Å². The van der Waals surface area contributed by atoms with Crippen molar-refractivity contribution in [2.45, 2.75) is 25.6 Å². The summed E-state index contributed by atoms with van der Waals surface area (Å²) in [4.78, 5) is 11.8. The van der Waals surface area contributed by atoms with E-state index >= 15 is 0 Å². The summed E-state index contributed by atoms with van der Waals surface area (Å²) in [5.41, 5.74) is 0. The molecule has 3 unspecified atom stereocenters. The number of rotatable bonds is 3. The molecule has 2 heterocycles. The van der Waals surface area contributed by atoms with Crippen LogP contribution >= 0.6 is 0 Å². The maximum atomic E-state index is 11.8. The van der Waals surface area contributed by atoms with Crippen LogP contribution in [0, 0.1) is 5.92 Å². The van der Waals surface area contributed by atoms with Gasteiger partial charge in [-0.3, -0.25) is 4.79 Å². The molecule has 0 aromatic carbocycles. The molecular formula is C11H20N2O3. The molecule has 5 nitrogen and oxygen atoms in total. The highest BCUT2D eigenvalue weighted by Crippen LogP contribution is 2.19. The van der Waals surface area contributed by atoms with Gasteiger partial charge in [-0.15, -0.1) is 0 Å². The topological polar surface area (TPSA) is 59.6 Å². The molecule has 0 aromatic rings. The van der Waals surface area contributed by atoms with E-state index in [-0.39, 0.29) is 18.1 Å². The van der Waals surface area contributed by atoms with E-state index in [1.807, 2.05) is 0 Å². The van der Waals surface area contributed by atoms with Gasteiger partial charge in [0.2, 0.25) is 5.91 Å². The zero-order valence-electron chi connectivity index (χ0n) is 9.70. The highest BCUT2D eigenvalue weighted by molar-refractivity contribution is 5.81. The molecule has 3 atom stereocenters. The Morgan fingerprint density at radius 2 is 2.31 bits per heavy atom. The molecule has 0 bridgehead atoms. The predicted molar refractivity (Wildman–Crippen MR) is 59.1 cm³/mol. The maximum Gasteiger partial charge on any atom is 0.249 e. The number of morpholine rings is 1. The lowest BCUT2D eigenvalue weighted by Crippen LogP contribution is -2.47. The second kappa shape index (κ2) is 5.61. The highest BCUT2D eigenvalue weighted by atomic mass is 16.5. The molecule has 2 rings (SSSR count). The van der Waals surface area contributed by atoms with E-state index in [9.17, 15) is 4.79 Å². The summed E-state index contributed by atoms with van der Waals surface area (Å²) >= 11 is 0. The van der Waals surface area contributed by atoms with Gasteiger partial charge in [-0.25, -0.2) is 0 Å². The van der Waals surface area contributed by atoms with Crippen LogP contribution in [0.25, 0.3) is 0 Å². The van der Waals surface area contributed by atoms with Gasteiger partial charge in [0.05, 0.1) is 12.7 Å². The Labute approximate surface area is 95.9 Å². The van der Waals surface area contributed by atoms with Crippen LogP contribution in [-0.2, 0) is 14.3 Å². The van der Waals surface area contributed by atoms with E-state index in [4.69, 9.17) is 9.47 Å². The van der Waals surface area contributed by atoms with Crippen molar-refractivity contribution in [3.63, 3.8) is 0 Å². The van der Waals surface area contributed by atoms with E-state index in [0.717, 1.165) is 26.1 Å². The molecule has 0 aliphatic carbocycles. The van der Waals surface area contributed by atoms with Crippen molar-refractivity contribution < 1.29 is 14.3 Å². The van der Waals surface area contributed by atoms with E-state index in [1.165, 1.54) is 0 Å². The van der Waals surface area contributed by atoms with Crippen molar-refractivity contribution in [1.29, 1.82) is 0 Å². The van der Waals surface area contributed by atoms with Crippen molar-refractivity contribution in [1.82, 2.24) is 10.6 Å². The Kier molecular flexibility index (Phi) is 4.15. The van der Waals surface area contributed by atoms with E-state index < -0.39 is 0 Å². The number of amides is 1. The average Bonchev–Trinajstić information content (AvgIpc) is 2.74. The first-order chi connectivity index (χ1) is 7.77. The van der Waals surface area contributed by atoms with E-state index in [0.29, 0.717) is 19.1 Å². The summed E-state index contributed by atoms with van der Waals surface area (Å²) in [5.74, 6) is 0.324. The third-order valence-electron chi connectivity index (χ3n) is 3.15. The average molecular weight is 228 g/mol. The zero-order chi connectivity index (χ0) is 11.4. The van der Waals surface area contributed by atoms with Gasteiger partial charge in [0.25, 0.3) is 0 Å². The Morgan fingerprint density at radius 3 is 2.94 bits per heavy atom. The minimum absolute atomic E-state index is 0.000765. The van der Waals surface area contributed by atoms with Gasteiger partial charge in [0.15, 0.2) is 0 Å². The number of carbonyl (C=O) groups excluding carboxylic acids is 1. The minimum atomic E-state index is -0.267. The number of hydrogen-bond donors (Lipinski definition) is 2. The molecular weight excluding hydrogens is 208 g/mol. The van der Waals surface area contributed by atoms with Gasteiger partial charge in [-0.05, 0) is 12.3 Å². The molecule has 1 amide bonds. The monoisotopic (exact) mass is 228 g/mol. The highest BCUT2D eigenvalue weighted by Gasteiger charge is 2.31. The van der Waals surface area contributed by atoms with Crippen LogP contribution in [0.15, 0.2) is 0 Å². The normalized spacial score (nSPS) is 34.9. The van der Waals surface area contributed by atoms with Crippen LogP contribution in [0.4, 0.5) is 0 Å². The fourth-order valence-electron chi connectivity index (χ4n) is 2.10. The molecule has 2 fully saturated rings. The molecule has 0 saturated carbocycles. The summed E-state index contributed by atoms with van der Waals surface area (Å²) < 4.78 is 10.9. The number of hydrogen-bond acceptors (Lipinski definition) is 4. The van der Waals surface area contributed by atoms with Crippen molar-refractivity contribution in [2.75, 3.05) is 32.8 Å². The van der Waals surface area contributed by atoms with Gasteiger partial charge in [0.1, 0.15) is 6.10 Å². The first-order valence-corrected chi connectivity index (χ1v) is 5.99. The standard InChI is InChI=1S/C11H20N2O3/c1-8-2-4-16-10(8)11(14)13-7-9-6-12-3-5-15-9/h8-10,12H,2-7H2,1H3,(H,13,14). The predicted octanol–water partition coefficient (Wildman–Crippen LogP) is -0.484. The van der Waals surface area contributed by atoms with Crippen LogP contribution in [0.3, 0.4) is 0 Å². The second-order valence-electron chi connectivity index (χ2n) is 4.50. The lowest BCUT2D eigenvalue weighted by Gasteiger charge is -2.24. The summed E-state index contributed by atoms with van der Waals surface area (Å²) in [7, 11) is 0. The number of nitrogens with one attached hydrogen (secondary N) is 2. The fourth-order valence-corrected chi connectivity index (χ4v) is 2.10. The Balaban J connectivity index is 1.70. The number of carbonyl (C=O) groups is 1. The lowest BCUT2D eigenvalue weighted by atomic mass is 10.0. The van der Waals surface area contributed by atoms with Crippen LogP contribution in [-0.4, -0.2) is 51.0 Å². The third-order valence-corrected chi connectivity index (χ3v) is 3.15. The summed E-state index contributed by atoms with van der Waals surface area (Å²) in [6.07, 6.45) is 0.797. The van der Waals surface area contributed by atoms with Crippen LogP contribution in [0.2, 0.25) is 0 Å².